The van der Waals surface area contributed by atoms with E-state index in [4.69, 9.17) is 23.2 Å². The number of nitrogens with one attached hydrogen (secondary N) is 2. The summed E-state index contributed by atoms with van der Waals surface area (Å²) in [6, 6.07) is 22.0. The second-order valence-electron chi connectivity index (χ2n) is 6.14. The van der Waals surface area contributed by atoms with Gasteiger partial charge in [-0.25, -0.2) is 4.98 Å². The number of amides is 1. The van der Waals surface area contributed by atoms with Crippen molar-refractivity contribution < 1.29 is 4.79 Å². The molecule has 0 aliphatic heterocycles. The highest BCUT2D eigenvalue weighted by Gasteiger charge is 2.14. The van der Waals surface area contributed by atoms with Gasteiger partial charge in [-0.3, -0.25) is 4.79 Å². The van der Waals surface area contributed by atoms with Gasteiger partial charge in [0.15, 0.2) is 5.13 Å². The van der Waals surface area contributed by atoms with Crippen LogP contribution in [0.5, 0.6) is 0 Å². The van der Waals surface area contributed by atoms with E-state index in [2.05, 4.69) is 15.6 Å². The van der Waals surface area contributed by atoms with Crippen molar-refractivity contribution in [2.45, 2.75) is 0 Å². The third-order valence-electron chi connectivity index (χ3n) is 4.17. The molecule has 0 unspecified atom stereocenters. The summed E-state index contributed by atoms with van der Waals surface area (Å²) in [6.07, 6.45) is 1.79. The normalized spacial score (nSPS) is 10.6. The summed E-state index contributed by atoms with van der Waals surface area (Å²) in [7, 11) is 0. The summed E-state index contributed by atoms with van der Waals surface area (Å²) in [4.78, 5) is 18.2. The molecule has 2 N–H and O–H groups in total. The van der Waals surface area contributed by atoms with E-state index in [-0.39, 0.29) is 5.91 Å². The van der Waals surface area contributed by atoms with E-state index in [1.165, 1.54) is 11.3 Å². The SMILES string of the molecule is O=C(Nc1ccccc1Cl)c1ccccc1Nc1ncc(-c2ccc(Cl)cc2)s1. The van der Waals surface area contributed by atoms with Crippen LogP contribution in [-0.2, 0) is 0 Å². The molecule has 29 heavy (non-hydrogen) atoms. The van der Waals surface area contributed by atoms with Gasteiger partial charge in [0, 0.05) is 11.2 Å². The quantitative estimate of drug-likeness (QED) is 0.348. The molecule has 1 aromatic heterocycles. The Morgan fingerprint density at radius 1 is 0.862 bits per heavy atom. The number of carbonyl (C=O) groups excluding carboxylic acids is 1. The van der Waals surface area contributed by atoms with Crippen LogP contribution < -0.4 is 10.6 Å². The van der Waals surface area contributed by atoms with Crippen LogP contribution in [0, 0.1) is 0 Å². The Bertz CT molecular complexity index is 1160. The van der Waals surface area contributed by atoms with Crippen molar-refractivity contribution in [1.82, 2.24) is 4.98 Å². The maximum absolute atomic E-state index is 12.8. The van der Waals surface area contributed by atoms with Gasteiger partial charge >= 0.3 is 0 Å². The number of para-hydroxylation sites is 2. The molecule has 0 aliphatic rings. The molecule has 1 amide bonds. The number of carbonyl (C=O) groups is 1. The lowest BCUT2D eigenvalue weighted by molar-refractivity contribution is 0.102. The Hall–Kier alpha value is -2.86. The Morgan fingerprint density at radius 2 is 1.55 bits per heavy atom. The predicted octanol–water partition coefficient (Wildman–Crippen LogP) is 7.11. The number of thiazole rings is 1. The fourth-order valence-electron chi connectivity index (χ4n) is 2.74. The summed E-state index contributed by atoms with van der Waals surface area (Å²) < 4.78 is 0. The minimum absolute atomic E-state index is 0.254. The zero-order valence-corrected chi connectivity index (χ0v) is 17.4. The molecular weight excluding hydrogens is 425 g/mol. The van der Waals surface area contributed by atoms with Crippen LogP contribution >= 0.6 is 34.5 Å². The van der Waals surface area contributed by atoms with Crippen LogP contribution in [0.2, 0.25) is 10.0 Å². The molecule has 0 saturated carbocycles. The molecular formula is C22H15Cl2N3OS. The molecule has 0 bridgehead atoms. The summed E-state index contributed by atoms with van der Waals surface area (Å²) in [5.74, 6) is -0.254. The lowest BCUT2D eigenvalue weighted by Crippen LogP contribution is -2.14. The maximum atomic E-state index is 12.8. The zero-order chi connectivity index (χ0) is 20.2. The van der Waals surface area contributed by atoms with Gasteiger partial charge < -0.3 is 10.6 Å². The Labute approximate surface area is 182 Å². The molecule has 4 aromatic rings. The Kier molecular flexibility index (Phi) is 5.81. The molecule has 0 spiro atoms. The van der Waals surface area contributed by atoms with Gasteiger partial charge in [-0.05, 0) is 42.0 Å². The highest BCUT2D eigenvalue weighted by molar-refractivity contribution is 7.19. The molecule has 7 heteroatoms. The van der Waals surface area contributed by atoms with Gasteiger partial charge in [-0.15, -0.1) is 0 Å². The van der Waals surface area contributed by atoms with Crippen molar-refractivity contribution in [3.63, 3.8) is 0 Å². The molecule has 144 valence electrons. The van der Waals surface area contributed by atoms with Gasteiger partial charge in [0.25, 0.3) is 5.91 Å². The second-order valence-corrected chi connectivity index (χ2v) is 8.02. The van der Waals surface area contributed by atoms with E-state index >= 15 is 0 Å². The number of anilines is 3. The number of nitrogens with zero attached hydrogens (tertiary/aromatic N) is 1. The van der Waals surface area contributed by atoms with Crippen LogP contribution in [0.25, 0.3) is 10.4 Å². The van der Waals surface area contributed by atoms with E-state index in [1.54, 1.807) is 24.4 Å². The highest BCUT2D eigenvalue weighted by Crippen LogP contribution is 2.32. The Balaban J connectivity index is 1.55. The van der Waals surface area contributed by atoms with E-state index in [1.807, 2.05) is 54.6 Å². The fraction of sp³-hybridized carbons (Fsp3) is 0. The first kappa shape index (κ1) is 19.5. The lowest BCUT2D eigenvalue weighted by Gasteiger charge is -2.11. The molecule has 0 fully saturated rings. The number of halogens is 2. The first-order valence-corrected chi connectivity index (χ1v) is 10.3. The molecule has 4 rings (SSSR count). The summed E-state index contributed by atoms with van der Waals surface area (Å²) in [6.45, 7) is 0. The van der Waals surface area contributed by atoms with Gasteiger partial charge in [-0.2, -0.15) is 0 Å². The van der Waals surface area contributed by atoms with Crippen LogP contribution in [0.4, 0.5) is 16.5 Å². The topological polar surface area (TPSA) is 54.0 Å². The zero-order valence-electron chi connectivity index (χ0n) is 15.0. The van der Waals surface area contributed by atoms with Crippen molar-refractivity contribution in [2.75, 3.05) is 10.6 Å². The third kappa shape index (κ3) is 4.59. The molecule has 4 nitrogen and oxygen atoms in total. The Morgan fingerprint density at radius 3 is 2.31 bits per heavy atom. The van der Waals surface area contributed by atoms with Crippen LogP contribution in [-0.4, -0.2) is 10.9 Å². The highest BCUT2D eigenvalue weighted by atomic mass is 35.5. The average Bonchev–Trinajstić information content (AvgIpc) is 3.19. The predicted molar refractivity (Wildman–Crippen MR) is 122 cm³/mol. The van der Waals surface area contributed by atoms with Gasteiger partial charge in [0.1, 0.15) is 0 Å². The standard InChI is InChI=1S/C22H15Cl2N3OS/c23-15-11-9-14(10-12-15)20-13-25-22(29-20)27-18-7-3-1-5-16(18)21(28)26-19-8-4-2-6-17(19)24/h1-13H,(H,25,27)(H,26,28). The van der Waals surface area contributed by atoms with E-state index in [0.29, 0.717) is 32.1 Å². The van der Waals surface area contributed by atoms with Crippen molar-refractivity contribution in [3.8, 4) is 10.4 Å². The largest absolute Gasteiger partial charge is 0.331 e. The lowest BCUT2D eigenvalue weighted by atomic mass is 10.1. The molecule has 0 saturated heterocycles. The summed E-state index contributed by atoms with van der Waals surface area (Å²) >= 11 is 13.6. The monoisotopic (exact) mass is 439 g/mol. The first-order valence-electron chi connectivity index (χ1n) is 8.74. The maximum Gasteiger partial charge on any atom is 0.257 e. The second kappa shape index (κ2) is 8.66. The number of aromatic nitrogens is 1. The minimum atomic E-state index is -0.254. The minimum Gasteiger partial charge on any atom is -0.331 e. The summed E-state index contributed by atoms with van der Waals surface area (Å²) in [5, 5.41) is 7.95. The smallest absolute Gasteiger partial charge is 0.257 e. The fourth-order valence-corrected chi connectivity index (χ4v) is 3.88. The van der Waals surface area contributed by atoms with Crippen LogP contribution in [0.3, 0.4) is 0 Å². The molecule has 0 aliphatic carbocycles. The summed E-state index contributed by atoms with van der Waals surface area (Å²) in [5.41, 5.74) is 2.75. The molecule has 0 radical (unpaired) electrons. The van der Waals surface area contributed by atoms with Gasteiger partial charge in [0.05, 0.1) is 26.8 Å². The van der Waals surface area contributed by atoms with Gasteiger partial charge in [0.2, 0.25) is 0 Å². The third-order valence-corrected chi connectivity index (χ3v) is 5.71. The van der Waals surface area contributed by atoms with Crippen molar-refractivity contribution in [1.29, 1.82) is 0 Å². The molecule has 3 aromatic carbocycles. The van der Waals surface area contributed by atoms with Crippen molar-refractivity contribution in [2.24, 2.45) is 0 Å². The molecule has 1 heterocycles. The number of hydrogen-bond donors (Lipinski definition) is 2. The van der Waals surface area contributed by atoms with Crippen LogP contribution in [0.15, 0.2) is 79.0 Å². The first-order chi connectivity index (χ1) is 14.1. The van der Waals surface area contributed by atoms with Crippen molar-refractivity contribution in [3.05, 3.63) is 94.6 Å². The average molecular weight is 440 g/mol. The number of rotatable bonds is 5. The number of hydrogen-bond acceptors (Lipinski definition) is 4. The van der Waals surface area contributed by atoms with Crippen LogP contribution in [0.1, 0.15) is 10.4 Å². The van der Waals surface area contributed by atoms with Crippen molar-refractivity contribution >= 4 is 57.0 Å². The van der Waals surface area contributed by atoms with E-state index in [9.17, 15) is 4.79 Å². The number of benzene rings is 3. The van der Waals surface area contributed by atoms with Gasteiger partial charge in [-0.1, -0.05) is 70.9 Å². The van der Waals surface area contributed by atoms with E-state index < -0.39 is 0 Å². The molecule has 0 atom stereocenters. The van der Waals surface area contributed by atoms with E-state index in [0.717, 1.165) is 10.4 Å².